The summed E-state index contributed by atoms with van der Waals surface area (Å²) in [6.45, 7) is 4.42. The molecule has 82 valence electrons. The molecule has 2 nitrogen and oxygen atoms in total. The van der Waals surface area contributed by atoms with Crippen molar-refractivity contribution in [1.29, 1.82) is 0 Å². The fourth-order valence-electron chi connectivity index (χ4n) is 2.00. The molecule has 3 heteroatoms. The van der Waals surface area contributed by atoms with Crippen molar-refractivity contribution in [3.05, 3.63) is 0 Å². The second kappa shape index (κ2) is 5.54. The van der Waals surface area contributed by atoms with E-state index in [1.165, 1.54) is 25.7 Å². The number of likely N-dealkylation sites (N-methyl/N-ethyl adjacent to an activating group) is 1. The normalized spacial score (nSPS) is 26.8. The summed E-state index contributed by atoms with van der Waals surface area (Å²) >= 11 is 5.16. The van der Waals surface area contributed by atoms with E-state index in [9.17, 15) is 0 Å². The van der Waals surface area contributed by atoms with E-state index in [4.69, 9.17) is 17.0 Å². The lowest BCUT2D eigenvalue weighted by atomic mass is 10.0. The van der Waals surface area contributed by atoms with Crippen LogP contribution < -0.4 is 0 Å². The first-order valence-electron chi connectivity index (χ1n) is 5.64. The van der Waals surface area contributed by atoms with Gasteiger partial charge in [-0.2, -0.15) is 0 Å². The SMILES string of the molecule is CCCCC1C(CCC)OC(=S)N1C. The van der Waals surface area contributed by atoms with Crippen LogP contribution in [-0.4, -0.2) is 29.3 Å². The Hall–Kier alpha value is -0.310. The van der Waals surface area contributed by atoms with Crippen LogP contribution in [-0.2, 0) is 4.74 Å². The van der Waals surface area contributed by atoms with E-state index in [0.717, 1.165) is 6.42 Å². The highest BCUT2D eigenvalue weighted by Gasteiger charge is 2.35. The number of rotatable bonds is 5. The molecule has 1 rings (SSSR count). The molecule has 1 fully saturated rings. The van der Waals surface area contributed by atoms with E-state index in [0.29, 0.717) is 17.3 Å². The second-order valence-corrected chi connectivity index (χ2v) is 4.38. The first-order chi connectivity index (χ1) is 6.70. The van der Waals surface area contributed by atoms with Crippen molar-refractivity contribution in [2.75, 3.05) is 7.05 Å². The quantitative estimate of drug-likeness (QED) is 0.654. The van der Waals surface area contributed by atoms with Crippen LogP contribution in [0.5, 0.6) is 0 Å². The third-order valence-corrected chi connectivity index (χ3v) is 3.28. The van der Waals surface area contributed by atoms with Gasteiger partial charge in [-0.3, -0.25) is 0 Å². The van der Waals surface area contributed by atoms with Gasteiger partial charge in [-0.05, 0) is 25.1 Å². The molecule has 0 aromatic heterocycles. The Morgan fingerprint density at radius 3 is 2.57 bits per heavy atom. The molecule has 0 amide bonds. The van der Waals surface area contributed by atoms with E-state index in [1.54, 1.807) is 0 Å². The maximum Gasteiger partial charge on any atom is 0.259 e. The molecule has 0 aromatic rings. The van der Waals surface area contributed by atoms with E-state index >= 15 is 0 Å². The average molecular weight is 215 g/mol. The minimum atomic E-state index is 0.337. The molecule has 0 saturated carbocycles. The zero-order valence-electron chi connectivity index (χ0n) is 9.45. The van der Waals surface area contributed by atoms with Gasteiger partial charge in [0.15, 0.2) is 0 Å². The molecular weight excluding hydrogens is 194 g/mol. The Balaban J connectivity index is 2.51. The van der Waals surface area contributed by atoms with Crippen molar-refractivity contribution in [2.45, 2.75) is 58.1 Å². The number of ether oxygens (including phenoxy) is 1. The van der Waals surface area contributed by atoms with Crippen molar-refractivity contribution < 1.29 is 4.74 Å². The molecule has 2 unspecified atom stereocenters. The van der Waals surface area contributed by atoms with E-state index < -0.39 is 0 Å². The first kappa shape index (κ1) is 11.8. The smallest absolute Gasteiger partial charge is 0.259 e. The van der Waals surface area contributed by atoms with Crippen molar-refractivity contribution in [1.82, 2.24) is 4.90 Å². The fourth-order valence-corrected chi connectivity index (χ4v) is 2.26. The molecule has 2 atom stereocenters. The lowest BCUT2D eigenvalue weighted by molar-refractivity contribution is 0.173. The van der Waals surface area contributed by atoms with Crippen LogP contribution in [0.4, 0.5) is 0 Å². The fraction of sp³-hybridized carbons (Fsp3) is 0.909. The van der Waals surface area contributed by atoms with Crippen LogP contribution in [0.15, 0.2) is 0 Å². The van der Waals surface area contributed by atoms with Crippen LogP contribution in [0, 0.1) is 0 Å². The third kappa shape index (κ3) is 2.59. The Morgan fingerprint density at radius 1 is 1.29 bits per heavy atom. The molecular formula is C11H21NOS. The average Bonchev–Trinajstić information content (AvgIpc) is 2.42. The van der Waals surface area contributed by atoms with Gasteiger partial charge < -0.3 is 9.64 Å². The number of hydrogen-bond acceptors (Lipinski definition) is 2. The Labute approximate surface area is 92.6 Å². The molecule has 0 aromatic carbocycles. The molecule has 1 aliphatic rings. The first-order valence-corrected chi connectivity index (χ1v) is 6.05. The Morgan fingerprint density at radius 2 is 2.00 bits per heavy atom. The molecule has 0 radical (unpaired) electrons. The third-order valence-electron chi connectivity index (χ3n) is 2.89. The van der Waals surface area contributed by atoms with E-state index in [-0.39, 0.29) is 0 Å². The van der Waals surface area contributed by atoms with Gasteiger partial charge in [0.2, 0.25) is 0 Å². The van der Waals surface area contributed by atoms with Crippen molar-refractivity contribution in [3.63, 3.8) is 0 Å². The largest absolute Gasteiger partial charge is 0.465 e. The lowest BCUT2D eigenvalue weighted by Crippen LogP contribution is -2.33. The predicted octanol–water partition coefficient (Wildman–Crippen LogP) is 2.96. The van der Waals surface area contributed by atoms with Crippen molar-refractivity contribution >= 4 is 17.4 Å². The van der Waals surface area contributed by atoms with Gasteiger partial charge in [0.25, 0.3) is 5.17 Å². The zero-order valence-corrected chi connectivity index (χ0v) is 10.3. The van der Waals surface area contributed by atoms with Gasteiger partial charge in [-0.1, -0.05) is 33.1 Å². The molecule has 0 N–H and O–H groups in total. The molecule has 1 saturated heterocycles. The van der Waals surface area contributed by atoms with Gasteiger partial charge in [-0.25, -0.2) is 0 Å². The highest BCUT2D eigenvalue weighted by molar-refractivity contribution is 7.80. The topological polar surface area (TPSA) is 12.5 Å². The summed E-state index contributed by atoms with van der Waals surface area (Å²) in [4.78, 5) is 2.13. The van der Waals surface area contributed by atoms with E-state index in [1.807, 2.05) is 0 Å². The van der Waals surface area contributed by atoms with Crippen LogP contribution in [0.1, 0.15) is 46.0 Å². The number of thiocarbonyl (C=S) groups is 1. The minimum absolute atomic E-state index is 0.337. The van der Waals surface area contributed by atoms with Gasteiger partial charge >= 0.3 is 0 Å². The van der Waals surface area contributed by atoms with Gasteiger partial charge in [-0.15, -0.1) is 0 Å². The predicted molar refractivity (Wildman–Crippen MR) is 63.5 cm³/mol. The van der Waals surface area contributed by atoms with Crippen molar-refractivity contribution in [3.8, 4) is 0 Å². The highest BCUT2D eigenvalue weighted by Crippen LogP contribution is 2.25. The molecule has 0 bridgehead atoms. The monoisotopic (exact) mass is 215 g/mol. The van der Waals surface area contributed by atoms with Crippen LogP contribution >= 0.6 is 12.2 Å². The summed E-state index contributed by atoms with van der Waals surface area (Å²) in [6.07, 6.45) is 6.35. The van der Waals surface area contributed by atoms with Crippen LogP contribution in [0.2, 0.25) is 0 Å². The molecule has 0 spiro atoms. The molecule has 0 aliphatic carbocycles. The van der Waals surface area contributed by atoms with E-state index in [2.05, 4.69) is 25.8 Å². The van der Waals surface area contributed by atoms with Crippen molar-refractivity contribution in [2.24, 2.45) is 0 Å². The van der Waals surface area contributed by atoms with Crippen LogP contribution in [0.3, 0.4) is 0 Å². The lowest BCUT2D eigenvalue weighted by Gasteiger charge is -2.21. The van der Waals surface area contributed by atoms with Gasteiger partial charge in [0.1, 0.15) is 6.10 Å². The molecule has 1 heterocycles. The van der Waals surface area contributed by atoms with Gasteiger partial charge in [0.05, 0.1) is 6.04 Å². The second-order valence-electron chi connectivity index (χ2n) is 4.03. The highest BCUT2D eigenvalue weighted by atomic mass is 32.1. The minimum Gasteiger partial charge on any atom is -0.465 e. The summed E-state index contributed by atoms with van der Waals surface area (Å²) in [5, 5.41) is 0.685. The Bertz CT molecular complexity index is 196. The standard InChI is InChI=1S/C11H21NOS/c1-4-6-8-9-10(7-5-2)13-11(14)12(9)3/h9-10H,4-8H2,1-3H3. The Kier molecular flexibility index (Phi) is 4.66. The summed E-state index contributed by atoms with van der Waals surface area (Å²) in [6, 6.07) is 0.516. The molecule has 14 heavy (non-hydrogen) atoms. The molecule has 1 aliphatic heterocycles. The number of unbranched alkanes of at least 4 members (excludes halogenated alkanes) is 1. The van der Waals surface area contributed by atoms with Crippen LogP contribution in [0.25, 0.3) is 0 Å². The summed E-state index contributed by atoms with van der Waals surface area (Å²) in [5.41, 5.74) is 0. The zero-order chi connectivity index (χ0) is 10.6. The summed E-state index contributed by atoms with van der Waals surface area (Å²) < 4.78 is 5.68. The van der Waals surface area contributed by atoms with Gasteiger partial charge in [0, 0.05) is 7.05 Å². The summed E-state index contributed by atoms with van der Waals surface area (Å²) in [7, 11) is 2.05. The number of hydrogen-bond donors (Lipinski definition) is 0. The maximum atomic E-state index is 5.68. The number of nitrogens with zero attached hydrogens (tertiary/aromatic N) is 1. The summed E-state index contributed by atoms with van der Waals surface area (Å²) in [5.74, 6) is 0. The maximum absolute atomic E-state index is 5.68.